The topological polar surface area (TPSA) is 61.7 Å². The van der Waals surface area contributed by atoms with E-state index in [1.165, 1.54) is 17.3 Å². The van der Waals surface area contributed by atoms with Crippen LogP contribution in [0.4, 0.5) is 5.69 Å². The molecule has 6 heteroatoms. The van der Waals surface area contributed by atoms with Gasteiger partial charge in [0.25, 0.3) is 0 Å². The van der Waals surface area contributed by atoms with E-state index in [0.717, 1.165) is 16.5 Å². The van der Waals surface area contributed by atoms with Gasteiger partial charge in [0.05, 0.1) is 5.75 Å². The molecule has 0 bridgehead atoms. The number of hydrogen-bond donors (Lipinski definition) is 2. The van der Waals surface area contributed by atoms with Gasteiger partial charge in [0.15, 0.2) is 5.69 Å². The van der Waals surface area contributed by atoms with E-state index in [1.807, 2.05) is 47.1 Å². The molecule has 26 heavy (non-hydrogen) atoms. The third-order valence-corrected chi connectivity index (χ3v) is 4.89. The Bertz CT molecular complexity index is 867. The highest BCUT2D eigenvalue weighted by molar-refractivity contribution is 7.99. The van der Waals surface area contributed by atoms with E-state index in [-0.39, 0.29) is 11.3 Å². The number of anilines is 1. The number of benzene rings is 2. The molecule has 0 aliphatic heterocycles. The molecule has 2 N–H and O–H groups in total. The summed E-state index contributed by atoms with van der Waals surface area (Å²) in [4.78, 5) is 16.6. The number of hydrogen-bond acceptors (Lipinski definition) is 3. The molecule has 0 atom stereocenters. The molecule has 0 unspecified atom stereocenters. The molecule has 1 aromatic heterocycles. The van der Waals surface area contributed by atoms with Gasteiger partial charge in [-0.1, -0.05) is 51.1 Å². The van der Waals surface area contributed by atoms with Crippen molar-refractivity contribution in [2.75, 3.05) is 11.1 Å². The van der Waals surface area contributed by atoms with Crippen LogP contribution in [0.3, 0.4) is 0 Å². The lowest BCUT2D eigenvalue weighted by molar-refractivity contribution is -0.694. The molecule has 0 aliphatic carbocycles. The Labute approximate surface area is 157 Å². The third-order valence-electron chi connectivity index (χ3n) is 3.93. The van der Waals surface area contributed by atoms with Crippen molar-refractivity contribution < 1.29 is 9.48 Å². The third kappa shape index (κ3) is 4.52. The molecular weight excluding hydrogens is 344 g/mol. The number of rotatable bonds is 5. The Balaban J connectivity index is 1.59. The number of amides is 1. The van der Waals surface area contributed by atoms with Crippen LogP contribution < -0.4 is 10.00 Å². The van der Waals surface area contributed by atoms with Crippen LogP contribution in [0.5, 0.6) is 0 Å². The van der Waals surface area contributed by atoms with E-state index < -0.39 is 0 Å². The summed E-state index contributed by atoms with van der Waals surface area (Å²) in [6.45, 7) is 6.51. The normalized spacial score (nSPS) is 11.3. The van der Waals surface area contributed by atoms with Gasteiger partial charge in [-0.15, -0.1) is 4.68 Å². The summed E-state index contributed by atoms with van der Waals surface area (Å²) >= 11 is 1.39. The van der Waals surface area contributed by atoms with Crippen molar-refractivity contribution >= 4 is 23.4 Å². The Hall–Kier alpha value is -2.60. The highest BCUT2D eigenvalue weighted by Gasteiger charge is 2.18. The summed E-state index contributed by atoms with van der Waals surface area (Å²) in [6, 6.07) is 17.9. The largest absolute Gasteiger partial charge is 0.385 e. The molecule has 134 valence electrons. The maximum atomic E-state index is 12.3. The molecule has 3 rings (SSSR count). The summed E-state index contributed by atoms with van der Waals surface area (Å²) in [5.74, 6) is 0.236. The van der Waals surface area contributed by atoms with Crippen LogP contribution in [0, 0.1) is 0 Å². The second-order valence-electron chi connectivity index (χ2n) is 7.01. The average Bonchev–Trinajstić information content (AvgIpc) is 3.09. The number of aromatic amines is 1. The number of aromatic nitrogens is 3. The minimum Gasteiger partial charge on any atom is -0.325 e. The standard InChI is InChI=1S/C20H22N4OS/c1-20(2,3)15-9-11-16(12-10-15)23-18(25)13-26-19-21-14-22-24(19)17-7-5-4-6-8-17/h4-12,14H,13H2,1-3H3,(H,23,25)/p+1. The van der Waals surface area contributed by atoms with Crippen LogP contribution in [-0.2, 0) is 10.2 Å². The van der Waals surface area contributed by atoms with Gasteiger partial charge in [-0.2, -0.15) is 5.10 Å². The highest BCUT2D eigenvalue weighted by atomic mass is 32.2. The zero-order chi connectivity index (χ0) is 18.6. The van der Waals surface area contributed by atoms with Gasteiger partial charge >= 0.3 is 5.16 Å². The van der Waals surface area contributed by atoms with Gasteiger partial charge in [-0.05, 0) is 52.0 Å². The first-order chi connectivity index (χ1) is 12.4. The smallest absolute Gasteiger partial charge is 0.325 e. The summed E-state index contributed by atoms with van der Waals surface area (Å²) in [6.07, 6.45) is 1.62. The van der Waals surface area contributed by atoms with Crippen LogP contribution in [-0.4, -0.2) is 21.7 Å². The maximum absolute atomic E-state index is 12.3. The Morgan fingerprint density at radius 2 is 1.81 bits per heavy atom. The summed E-state index contributed by atoms with van der Waals surface area (Å²) in [5.41, 5.74) is 3.13. The Morgan fingerprint density at radius 3 is 2.46 bits per heavy atom. The molecule has 0 saturated heterocycles. The van der Waals surface area contributed by atoms with Gasteiger partial charge in [-0.25, -0.2) is 0 Å². The molecule has 0 saturated carbocycles. The van der Waals surface area contributed by atoms with Crippen molar-refractivity contribution in [2.24, 2.45) is 0 Å². The van der Waals surface area contributed by atoms with Crippen LogP contribution >= 0.6 is 11.8 Å². The number of thioether (sulfide) groups is 1. The van der Waals surface area contributed by atoms with E-state index in [4.69, 9.17) is 0 Å². The molecule has 0 radical (unpaired) electrons. The van der Waals surface area contributed by atoms with E-state index in [9.17, 15) is 4.79 Å². The molecule has 1 amide bonds. The second-order valence-corrected chi connectivity index (χ2v) is 7.95. The molecule has 1 heterocycles. The van der Waals surface area contributed by atoms with Crippen LogP contribution in [0.2, 0.25) is 0 Å². The van der Waals surface area contributed by atoms with E-state index in [2.05, 4.69) is 48.3 Å². The lowest BCUT2D eigenvalue weighted by Crippen LogP contribution is -2.35. The van der Waals surface area contributed by atoms with Crippen molar-refractivity contribution in [3.8, 4) is 5.69 Å². The number of para-hydroxylation sites is 1. The maximum Gasteiger partial charge on any atom is 0.385 e. The first-order valence-electron chi connectivity index (χ1n) is 8.47. The lowest BCUT2D eigenvalue weighted by atomic mass is 9.87. The van der Waals surface area contributed by atoms with Crippen LogP contribution in [0.25, 0.3) is 5.69 Å². The van der Waals surface area contributed by atoms with Gasteiger partial charge in [0.2, 0.25) is 12.2 Å². The first-order valence-corrected chi connectivity index (χ1v) is 9.46. The number of nitrogens with zero attached hydrogens (tertiary/aromatic N) is 2. The first kappa shape index (κ1) is 18.2. The summed E-state index contributed by atoms with van der Waals surface area (Å²) < 4.78 is 1.86. The Kier molecular flexibility index (Phi) is 5.42. The van der Waals surface area contributed by atoms with Crippen LogP contribution in [0.1, 0.15) is 26.3 Å². The quantitative estimate of drug-likeness (QED) is 0.534. The highest BCUT2D eigenvalue weighted by Crippen LogP contribution is 2.23. The van der Waals surface area contributed by atoms with Crippen molar-refractivity contribution in [3.05, 3.63) is 66.5 Å². The SMILES string of the molecule is CC(C)(C)c1ccc(NC(=O)CSc2nc[nH][n+]2-c2ccccc2)cc1. The fraction of sp³-hybridized carbons (Fsp3) is 0.250. The van der Waals surface area contributed by atoms with Crippen molar-refractivity contribution in [3.63, 3.8) is 0 Å². The van der Waals surface area contributed by atoms with Gasteiger partial charge < -0.3 is 5.32 Å². The number of nitrogens with one attached hydrogen (secondary N) is 2. The minimum absolute atomic E-state index is 0.0545. The average molecular weight is 367 g/mol. The van der Waals surface area contributed by atoms with Gasteiger partial charge in [-0.3, -0.25) is 4.79 Å². The van der Waals surface area contributed by atoms with E-state index in [0.29, 0.717) is 5.75 Å². The van der Waals surface area contributed by atoms with E-state index >= 15 is 0 Å². The van der Waals surface area contributed by atoms with Crippen LogP contribution in [0.15, 0.2) is 66.1 Å². The Morgan fingerprint density at radius 1 is 1.12 bits per heavy atom. The zero-order valence-corrected chi connectivity index (χ0v) is 16.0. The molecule has 2 aromatic carbocycles. The monoisotopic (exact) mass is 367 g/mol. The summed E-state index contributed by atoms with van der Waals surface area (Å²) in [5, 5.41) is 6.75. The molecule has 3 aromatic rings. The number of H-pyrrole nitrogens is 1. The van der Waals surface area contributed by atoms with Gasteiger partial charge in [0.1, 0.15) is 0 Å². The summed E-state index contributed by atoms with van der Waals surface area (Å²) in [7, 11) is 0. The molecule has 5 nitrogen and oxygen atoms in total. The second kappa shape index (κ2) is 7.74. The van der Waals surface area contributed by atoms with E-state index in [1.54, 1.807) is 6.33 Å². The molecule has 0 fully saturated rings. The predicted octanol–water partition coefficient (Wildman–Crippen LogP) is 3.71. The molecular formula is C20H23N4OS+. The predicted molar refractivity (Wildman–Crippen MR) is 105 cm³/mol. The minimum atomic E-state index is -0.0545. The number of carbonyl (C=O) groups excluding carboxylic acids is 1. The molecule has 0 aliphatic rings. The molecule has 0 spiro atoms. The van der Waals surface area contributed by atoms with Gasteiger partial charge in [0, 0.05) is 5.69 Å². The number of carbonyl (C=O) groups is 1. The van der Waals surface area contributed by atoms with Crippen molar-refractivity contribution in [1.82, 2.24) is 10.1 Å². The fourth-order valence-electron chi connectivity index (χ4n) is 2.50. The zero-order valence-electron chi connectivity index (χ0n) is 15.2. The fourth-order valence-corrected chi connectivity index (χ4v) is 3.25. The van der Waals surface area contributed by atoms with Crippen molar-refractivity contribution in [1.29, 1.82) is 0 Å². The van der Waals surface area contributed by atoms with Crippen molar-refractivity contribution in [2.45, 2.75) is 31.3 Å². The lowest BCUT2D eigenvalue weighted by Gasteiger charge is -2.19.